The van der Waals surface area contributed by atoms with Gasteiger partial charge in [0.25, 0.3) is 5.69 Å². The second kappa shape index (κ2) is 4.27. The van der Waals surface area contributed by atoms with Crippen LogP contribution < -0.4 is 5.73 Å². The first-order chi connectivity index (χ1) is 6.93. The van der Waals surface area contributed by atoms with Crippen molar-refractivity contribution >= 4 is 28.8 Å². The molecular formula is C9H9ClN2O3. The third kappa shape index (κ3) is 2.44. The SMILES string of the molecule is CC(=O)C(Cl)c1cc(N)ccc1[N+](=O)[O-]. The van der Waals surface area contributed by atoms with Crippen molar-refractivity contribution in [1.82, 2.24) is 0 Å². The number of nitro groups is 1. The number of nitrogens with zero attached hydrogens (tertiary/aromatic N) is 1. The molecule has 1 atom stereocenters. The molecule has 1 rings (SSSR count). The highest BCUT2D eigenvalue weighted by molar-refractivity contribution is 6.31. The molecule has 1 aromatic rings. The summed E-state index contributed by atoms with van der Waals surface area (Å²) < 4.78 is 0. The third-order valence-corrected chi connectivity index (χ3v) is 2.42. The maximum absolute atomic E-state index is 11.0. The molecule has 15 heavy (non-hydrogen) atoms. The number of rotatable bonds is 3. The van der Waals surface area contributed by atoms with E-state index in [9.17, 15) is 14.9 Å². The zero-order chi connectivity index (χ0) is 11.6. The van der Waals surface area contributed by atoms with Crippen molar-refractivity contribution in [3.8, 4) is 0 Å². The number of carbonyl (C=O) groups excluding carboxylic acids is 1. The van der Waals surface area contributed by atoms with Gasteiger partial charge in [0.1, 0.15) is 5.38 Å². The first-order valence-corrected chi connectivity index (χ1v) is 4.55. The highest BCUT2D eigenvalue weighted by Crippen LogP contribution is 2.31. The first kappa shape index (κ1) is 11.5. The first-order valence-electron chi connectivity index (χ1n) is 4.12. The van der Waals surface area contributed by atoms with Crippen LogP contribution in [0.4, 0.5) is 11.4 Å². The van der Waals surface area contributed by atoms with Crippen LogP contribution in [0, 0.1) is 10.1 Å². The number of nitro benzene ring substituents is 1. The monoisotopic (exact) mass is 228 g/mol. The van der Waals surface area contributed by atoms with Crippen molar-refractivity contribution in [3.05, 3.63) is 33.9 Å². The number of carbonyl (C=O) groups is 1. The summed E-state index contributed by atoms with van der Waals surface area (Å²) in [6.45, 7) is 1.27. The van der Waals surface area contributed by atoms with Crippen LogP contribution in [0.15, 0.2) is 18.2 Å². The van der Waals surface area contributed by atoms with Gasteiger partial charge in [0, 0.05) is 11.8 Å². The van der Waals surface area contributed by atoms with E-state index in [1.54, 1.807) is 0 Å². The van der Waals surface area contributed by atoms with Gasteiger partial charge in [0.2, 0.25) is 0 Å². The van der Waals surface area contributed by atoms with Crippen molar-refractivity contribution in [2.75, 3.05) is 5.73 Å². The number of nitrogen functional groups attached to an aromatic ring is 1. The summed E-state index contributed by atoms with van der Waals surface area (Å²) in [5.74, 6) is -0.356. The zero-order valence-corrected chi connectivity index (χ0v) is 8.69. The van der Waals surface area contributed by atoms with Gasteiger partial charge < -0.3 is 5.73 Å². The molecule has 0 saturated carbocycles. The number of hydrogen-bond donors (Lipinski definition) is 1. The lowest BCUT2D eigenvalue weighted by atomic mass is 10.1. The maximum Gasteiger partial charge on any atom is 0.274 e. The fraction of sp³-hybridized carbons (Fsp3) is 0.222. The van der Waals surface area contributed by atoms with Gasteiger partial charge in [-0.15, -0.1) is 11.6 Å². The van der Waals surface area contributed by atoms with E-state index in [0.717, 1.165) is 0 Å². The van der Waals surface area contributed by atoms with Crippen LogP contribution in [0.1, 0.15) is 17.9 Å². The second-order valence-corrected chi connectivity index (χ2v) is 3.49. The predicted molar refractivity (Wildman–Crippen MR) is 56.8 cm³/mol. The molecule has 0 fully saturated rings. The van der Waals surface area contributed by atoms with E-state index in [-0.39, 0.29) is 17.0 Å². The van der Waals surface area contributed by atoms with E-state index in [1.165, 1.54) is 25.1 Å². The quantitative estimate of drug-likeness (QED) is 0.371. The predicted octanol–water partition coefficient (Wildman–Crippen LogP) is 2.05. The van der Waals surface area contributed by atoms with Crippen LogP contribution in [-0.2, 0) is 4.79 Å². The average molecular weight is 229 g/mol. The number of Topliss-reactive ketones (excluding diaryl/α,β-unsaturated/α-hetero) is 1. The Morgan fingerprint density at radius 3 is 2.67 bits per heavy atom. The summed E-state index contributed by atoms with van der Waals surface area (Å²) in [6.07, 6.45) is 0. The minimum Gasteiger partial charge on any atom is -0.399 e. The summed E-state index contributed by atoms with van der Waals surface area (Å²) >= 11 is 5.75. The van der Waals surface area contributed by atoms with E-state index in [2.05, 4.69) is 0 Å². The Morgan fingerprint density at radius 2 is 2.20 bits per heavy atom. The molecule has 0 aliphatic heterocycles. The minimum absolute atomic E-state index is 0.133. The van der Waals surface area contributed by atoms with Gasteiger partial charge in [0.15, 0.2) is 5.78 Å². The van der Waals surface area contributed by atoms with Crippen LogP contribution in [0.3, 0.4) is 0 Å². The number of nitrogens with two attached hydrogens (primary N) is 1. The Balaban J connectivity index is 3.30. The van der Waals surface area contributed by atoms with E-state index in [4.69, 9.17) is 17.3 Å². The topological polar surface area (TPSA) is 86.2 Å². The third-order valence-electron chi connectivity index (χ3n) is 1.88. The fourth-order valence-electron chi connectivity index (χ4n) is 1.16. The number of benzene rings is 1. The number of ketones is 1. The number of hydrogen-bond acceptors (Lipinski definition) is 4. The molecule has 5 nitrogen and oxygen atoms in total. The molecule has 0 aromatic heterocycles. The Kier molecular flexibility index (Phi) is 3.26. The summed E-state index contributed by atoms with van der Waals surface area (Å²) in [5, 5.41) is 9.62. The van der Waals surface area contributed by atoms with E-state index < -0.39 is 10.3 Å². The van der Waals surface area contributed by atoms with Crippen molar-refractivity contribution < 1.29 is 9.72 Å². The van der Waals surface area contributed by atoms with Gasteiger partial charge in [-0.25, -0.2) is 0 Å². The molecule has 0 aliphatic rings. The molecule has 0 bridgehead atoms. The molecule has 1 aromatic carbocycles. The van der Waals surface area contributed by atoms with Gasteiger partial charge in [-0.2, -0.15) is 0 Å². The van der Waals surface area contributed by atoms with Gasteiger partial charge in [-0.05, 0) is 19.1 Å². The van der Waals surface area contributed by atoms with Crippen molar-refractivity contribution in [1.29, 1.82) is 0 Å². The molecular weight excluding hydrogens is 220 g/mol. The molecule has 1 unspecified atom stereocenters. The highest BCUT2D eigenvalue weighted by Gasteiger charge is 2.23. The van der Waals surface area contributed by atoms with Crippen LogP contribution in [0.25, 0.3) is 0 Å². The molecule has 0 radical (unpaired) electrons. The van der Waals surface area contributed by atoms with Crippen molar-refractivity contribution in [2.45, 2.75) is 12.3 Å². The molecule has 0 spiro atoms. The van der Waals surface area contributed by atoms with Crippen LogP contribution in [0.2, 0.25) is 0 Å². The highest BCUT2D eigenvalue weighted by atomic mass is 35.5. The molecule has 0 amide bonds. The van der Waals surface area contributed by atoms with Gasteiger partial charge in [-0.1, -0.05) is 0 Å². The van der Waals surface area contributed by atoms with Crippen LogP contribution in [0.5, 0.6) is 0 Å². The van der Waals surface area contributed by atoms with Gasteiger partial charge >= 0.3 is 0 Å². The molecule has 0 heterocycles. The summed E-state index contributed by atoms with van der Waals surface area (Å²) in [5.41, 5.74) is 5.75. The Bertz CT molecular complexity index is 420. The molecule has 6 heteroatoms. The smallest absolute Gasteiger partial charge is 0.274 e. The normalized spacial score (nSPS) is 12.1. The lowest BCUT2D eigenvalue weighted by molar-refractivity contribution is -0.385. The van der Waals surface area contributed by atoms with Crippen molar-refractivity contribution in [2.24, 2.45) is 0 Å². The number of alkyl halides is 1. The zero-order valence-electron chi connectivity index (χ0n) is 7.94. The lowest BCUT2D eigenvalue weighted by Gasteiger charge is -2.07. The Labute approximate surface area is 91.0 Å². The van der Waals surface area contributed by atoms with Gasteiger partial charge in [0.05, 0.1) is 10.5 Å². The minimum atomic E-state index is -1.03. The summed E-state index contributed by atoms with van der Waals surface area (Å²) in [7, 11) is 0. The number of halogens is 1. The maximum atomic E-state index is 11.0. The van der Waals surface area contributed by atoms with E-state index in [1.807, 2.05) is 0 Å². The Hall–Kier alpha value is -1.62. The lowest BCUT2D eigenvalue weighted by Crippen LogP contribution is -2.06. The second-order valence-electron chi connectivity index (χ2n) is 3.05. The average Bonchev–Trinajstić information content (AvgIpc) is 2.15. The molecule has 0 saturated heterocycles. The largest absolute Gasteiger partial charge is 0.399 e. The Morgan fingerprint density at radius 1 is 1.60 bits per heavy atom. The fourth-order valence-corrected chi connectivity index (χ4v) is 1.34. The summed E-state index contributed by atoms with van der Waals surface area (Å²) in [6, 6.07) is 3.98. The van der Waals surface area contributed by atoms with Crippen molar-refractivity contribution in [3.63, 3.8) is 0 Å². The number of anilines is 1. The van der Waals surface area contributed by atoms with E-state index in [0.29, 0.717) is 5.69 Å². The molecule has 2 N–H and O–H groups in total. The molecule has 80 valence electrons. The molecule has 0 aliphatic carbocycles. The standard InChI is InChI=1S/C9H9ClN2O3/c1-5(13)9(10)7-4-6(11)2-3-8(7)12(14)15/h2-4,9H,11H2,1H3. The van der Waals surface area contributed by atoms with Gasteiger partial charge in [-0.3, -0.25) is 14.9 Å². The van der Waals surface area contributed by atoms with Crippen LogP contribution in [-0.4, -0.2) is 10.7 Å². The summed E-state index contributed by atoms with van der Waals surface area (Å²) in [4.78, 5) is 21.1. The van der Waals surface area contributed by atoms with Crippen LogP contribution >= 0.6 is 11.6 Å². The van der Waals surface area contributed by atoms with E-state index >= 15 is 0 Å².